The smallest absolute Gasteiger partial charge is 0.312 e. The van der Waals surface area contributed by atoms with E-state index in [1.807, 2.05) is 36.4 Å². The summed E-state index contributed by atoms with van der Waals surface area (Å²) in [6.45, 7) is 1.81. The maximum atomic E-state index is 11.6. The number of rotatable bonds is 4. The van der Waals surface area contributed by atoms with E-state index in [1.54, 1.807) is 25.5 Å². The van der Waals surface area contributed by atoms with Gasteiger partial charge in [-0.2, -0.15) is 0 Å². The summed E-state index contributed by atoms with van der Waals surface area (Å²) in [7, 11) is 1.39. The third-order valence-corrected chi connectivity index (χ3v) is 3.68. The van der Waals surface area contributed by atoms with E-state index < -0.39 is 0 Å². The first-order valence-electron chi connectivity index (χ1n) is 7.23. The zero-order chi connectivity index (χ0) is 16.2. The maximum Gasteiger partial charge on any atom is 0.312 e. The second kappa shape index (κ2) is 6.44. The van der Waals surface area contributed by atoms with E-state index >= 15 is 0 Å². The Hall–Kier alpha value is -2.95. The molecule has 0 amide bonds. The molecule has 1 aromatic carbocycles. The van der Waals surface area contributed by atoms with E-state index in [0.29, 0.717) is 11.6 Å². The van der Waals surface area contributed by atoms with E-state index in [1.165, 1.54) is 7.11 Å². The van der Waals surface area contributed by atoms with Crippen LogP contribution in [-0.2, 0) is 9.53 Å². The number of methoxy groups -OCH3 is 1. The van der Waals surface area contributed by atoms with Crippen LogP contribution in [0, 0.1) is 0 Å². The first-order valence-corrected chi connectivity index (χ1v) is 7.23. The molecule has 0 saturated heterocycles. The van der Waals surface area contributed by atoms with Crippen molar-refractivity contribution in [1.29, 1.82) is 0 Å². The Bertz CT molecular complexity index is 826. The summed E-state index contributed by atoms with van der Waals surface area (Å²) in [4.78, 5) is 19.9. The lowest BCUT2D eigenvalue weighted by molar-refractivity contribution is -0.141. The van der Waals surface area contributed by atoms with Gasteiger partial charge in [0.05, 0.1) is 18.4 Å². The fraction of sp³-hybridized carbons (Fsp3) is 0.167. The quantitative estimate of drug-likeness (QED) is 0.688. The SMILES string of the molecule is COC(=O)C(C)c1ccc(Oc2nccc3ccncc23)cc1. The summed E-state index contributed by atoms with van der Waals surface area (Å²) in [5, 5.41) is 1.86. The van der Waals surface area contributed by atoms with Crippen LogP contribution >= 0.6 is 0 Å². The lowest BCUT2D eigenvalue weighted by atomic mass is 10.0. The molecule has 2 aromatic heterocycles. The zero-order valence-corrected chi connectivity index (χ0v) is 12.9. The highest BCUT2D eigenvalue weighted by atomic mass is 16.5. The van der Waals surface area contributed by atoms with Crippen LogP contribution in [0.25, 0.3) is 10.8 Å². The van der Waals surface area contributed by atoms with Gasteiger partial charge < -0.3 is 9.47 Å². The van der Waals surface area contributed by atoms with Gasteiger partial charge in [0.25, 0.3) is 0 Å². The molecule has 0 aliphatic carbocycles. The Morgan fingerprint density at radius 1 is 1.09 bits per heavy atom. The van der Waals surface area contributed by atoms with Gasteiger partial charge in [-0.15, -0.1) is 0 Å². The zero-order valence-electron chi connectivity index (χ0n) is 12.9. The Morgan fingerprint density at radius 3 is 2.57 bits per heavy atom. The fourth-order valence-electron chi connectivity index (χ4n) is 2.31. The lowest BCUT2D eigenvalue weighted by Gasteiger charge is -2.11. The summed E-state index contributed by atoms with van der Waals surface area (Å²) in [5.74, 6) is 0.577. The number of nitrogens with zero attached hydrogens (tertiary/aromatic N) is 2. The number of fused-ring (bicyclic) bond motifs is 1. The van der Waals surface area contributed by atoms with Gasteiger partial charge in [0, 0.05) is 18.6 Å². The van der Waals surface area contributed by atoms with Gasteiger partial charge in [-0.05, 0) is 42.1 Å². The molecule has 23 heavy (non-hydrogen) atoms. The number of benzene rings is 1. The minimum atomic E-state index is -0.311. The molecule has 1 unspecified atom stereocenters. The third-order valence-electron chi connectivity index (χ3n) is 3.68. The van der Waals surface area contributed by atoms with Gasteiger partial charge in [0.1, 0.15) is 5.75 Å². The van der Waals surface area contributed by atoms with Crippen LogP contribution in [0.5, 0.6) is 11.6 Å². The lowest BCUT2D eigenvalue weighted by Crippen LogP contribution is -2.10. The molecule has 3 aromatic rings. The first kappa shape index (κ1) is 15.0. The summed E-state index contributed by atoms with van der Waals surface area (Å²) in [6, 6.07) is 11.1. The monoisotopic (exact) mass is 308 g/mol. The van der Waals surface area contributed by atoms with Gasteiger partial charge in [-0.25, -0.2) is 4.98 Å². The number of ether oxygens (including phenoxy) is 2. The highest BCUT2D eigenvalue weighted by Crippen LogP contribution is 2.28. The van der Waals surface area contributed by atoms with Gasteiger partial charge >= 0.3 is 5.97 Å². The van der Waals surface area contributed by atoms with E-state index in [9.17, 15) is 4.79 Å². The molecular weight excluding hydrogens is 292 g/mol. The summed E-state index contributed by atoms with van der Waals surface area (Å²) < 4.78 is 10.6. The largest absolute Gasteiger partial charge is 0.469 e. The van der Waals surface area contributed by atoms with Crippen molar-refractivity contribution in [3.8, 4) is 11.6 Å². The van der Waals surface area contributed by atoms with Crippen LogP contribution in [0.15, 0.2) is 55.0 Å². The first-order chi connectivity index (χ1) is 11.2. The van der Waals surface area contributed by atoms with Crippen LogP contribution in [0.2, 0.25) is 0 Å². The predicted molar refractivity (Wildman–Crippen MR) is 86.5 cm³/mol. The van der Waals surface area contributed by atoms with E-state index in [0.717, 1.165) is 16.3 Å². The molecule has 0 radical (unpaired) electrons. The topological polar surface area (TPSA) is 61.3 Å². The standard InChI is InChI=1S/C18H16N2O3/c1-12(18(21)22-2)13-3-5-15(6-4-13)23-17-16-11-19-9-7-14(16)8-10-20-17/h3-12H,1-2H3. The number of carbonyl (C=O) groups excluding carboxylic acids is 1. The molecule has 0 spiro atoms. The number of carbonyl (C=O) groups is 1. The number of pyridine rings is 2. The molecule has 0 fully saturated rings. The highest BCUT2D eigenvalue weighted by Gasteiger charge is 2.15. The number of aromatic nitrogens is 2. The molecule has 0 aliphatic heterocycles. The van der Waals surface area contributed by atoms with E-state index in [-0.39, 0.29) is 11.9 Å². The molecule has 3 rings (SSSR count). The molecule has 0 aliphatic rings. The highest BCUT2D eigenvalue weighted by molar-refractivity contribution is 5.85. The van der Waals surface area contributed by atoms with E-state index in [2.05, 4.69) is 9.97 Å². The fourth-order valence-corrected chi connectivity index (χ4v) is 2.31. The molecule has 0 bridgehead atoms. The molecule has 116 valence electrons. The predicted octanol–water partition coefficient (Wildman–Crippen LogP) is 3.70. The minimum Gasteiger partial charge on any atom is -0.469 e. The molecule has 5 nitrogen and oxygen atoms in total. The van der Waals surface area contributed by atoms with Crippen LogP contribution in [0.4, 0.5) is 0 Å². The Balaban J connectivity index is 1.84. The van der Waals surface area contributed by atoms with Crippen LogP contribution < -0.4 is 4.74 Å². The molecule has 2 heterocycles. The van der Waals surface area contributed by atoms with Crippen LogP contribution in [0.3, 0.4) is 0 Å². The Morgan fingerprint density at radius 2 is 1.83 bits per heavy atom. The van der Waals surface area contributed by atoms with Crippen molar-refractivity contribution in [2.75, 3.05) is 7.11 Å². The maximum absolute atomic E-state index is 11.6. The third kappa shape index (κ3) is 3.13. The second-order valence-electron chi connectivity index (χ2n) is 5.13. The Labute approximate surface area is 133 Å². The van der Waals surface area contributed by atoms with Crippen molar-refractivity contribution in [3.63, 3.8) is 0 Å². The average Bonchev–Trinajstić information content (AvgIpc) is 2.61. The summed E-state index contributed by atoms with van der Waals surface area (Å²) >= 11 is 0. The number of hydrogen-bond donors (Lipinski definition) is 0. The molecular formula is C18H16N2O3. The molecule has 1 atom stereocenters. The normalized spacial score (nSPS) is 11.9. The van der Waals surface area contributed by atoms with Gasteiger partial charge in [0.15, 0.2) is 0 Å². The van der Waals surface area contributed by atoms with Crippen molar-refractivity contribution < 1.29 is 14.3 Å². The Kier molecular flexibility index (Phi) is 4.19. The number of hydrogen-bond acceptors (Lipinski definition) is 5. The van der Waals surface area contributed by atoms with Crippen LogP contribution in [0.1, 0.15) is 18.4 Å². The minimum absolute atomic E-state index is 0.263. The summed E-state index contributed by atoms with van der Waals surface area (Å²) in [5.41, 5.74) is 0.872. The number of esters is 1. The molecule has 0 N–H and O–H groups in total. The van der Waals surface area contributed by atoms with Crippen molar-refractivity contribution in [2.24, 2.45) is 0 Å². The van der Waals surface area contributed by atoms with Crippen molar-refractivity contribution in [3.05, 3.63) is 60.6 Å². The van der Waals surface area contributed by atoms with Gasteiger partial charge in [-0.3, -0.25) is 9.78 Å². The second-order valence-corrected chi connectivity index (χ2v) is 5.13. The van der Waals surface area contributed by atoms with Crippen molar-refractivity contribution in [1.82, 2.24) is 9.97 Å². The average molecular weight is 308 g/mol. The van der Waals surface area contributed by atoms with Gasteiger partial charge in [0.2, 0.25) is 5.88 Å². The molecule has 5 heteroatoms. The summed E-state index contributed by atoms with van der Waals surface area (Å²) in [6.07, 6.45) is 5.16. The molecule has 0 saturated carbocycles. The van der Waals surface area contributed by atoms with Crippen molar-refractivity contribution >= 4 is 16.7 Å². The van der Waals surface area contributed by atoms with Crippen molar-refractivity contribution in [2.45, 2.75) is 12.8 Å². The van der Waals surface area contributed by atoms with Crippen LogP contribution in [-0.4, -0.2) is 23.0 Å². The van der Waals surface area contributed by atoms with E-state index in [4.69, 9.17) is 9.47 Å². The van der Waals surface area contributed by atoms with Gasteiger partial charge in [-0.1, -0.05) is 12.1 Å².